The summed E-state index contributed by atoms with van der Waals surface area (Å²) in [5.74, 6) is -1.51. The van der Waals surface area contributed by atoms with Crippen molar-refractivity contribution < 1.29 is 19.4 Å². The Bertz CT molecular complexity index is 270. The summed E-state index contributed by atoms with van der Waals surface area (Å²) in [7, 11) is 1.57. The second-order valence-corrected chi connectivity index (χ2v) is 3.79. The van der Waals surface area contributed by atoms with E-state index >= 15 is 0 Å². The number of rotatable bonds is 5. The summed E-state index contributed by atoms with van der Waals surface area (Å²) in [4.78, 5) is 24.1. The predicted molar refractivity (Wildman–Crippen MR) is 57.0 cm³/mol. The zero-order chi connectivity index (χ0) is 12.1. The van der Waals surface area contributed by atoms with Gasteiger partial charge >= 0.3 is 5.97 Å². The lowest BCUT2D eigenvalue weighted by Gasteiger charge is -2.28. The number of ether oxygens (including phenoxy) is 1. The van der Waals surface area contributed by atoms with Gasteiger partial charge in [-0.3, -0.25) is 14.5 Å². The van der Waals surface area contributed by atoms with E-state index in [1.165, 1.54) is 0 Å². The molecule has 1 aliphatic heterocycles. The maximum atomic E-state index is 11.3. The first-order valence-electron chi connectivity index (χ1n) is 5.35. The highest BCUT2D eigenvalue weighted by Gasteiger charge is 2.37. The van der Waals surface area contributed by atoms with E-state index in [0.29, 0.717) is 13.2 Å². The summed E-state index contributed by atoms with van der Waals surface area (Å²) >= 11 is 0. The number of hydrogen-bond donors (Lipinski definition) is 2. The van der Waals surface area contributed by atoms with Crippen LogP contribution in [0.5, 0.6) is 0 Å². The van der Waals surface area contributed by atoms with Crippen molar-refractivity contribution >= 4 is 11.9 Å². The van der Waals surface area contributed by atoms with E-state index in [1.807, 2.05) is 11.8 Å². The highest BCUT2D eigenvalue weighted by Crippen LogP contribution is 2.19. The van der Waals surface area contributed by atoms with Crippen LogP contribution in [0.1, 0.15) is 6.92 Å². The maximum absolute atomic E-state index is 11.3. The number of carboxylic acids is 1. The molecule has 0 aromatic carbocycles. The average molecular weight is 230 g/mol. The van der Waals surface area contributed by atoms with Gasteiger partial charge in [-0.1, -0.05) is 6.92 Å². The van der Waals surface area contributed by atoms with Crippen molar-refractivity contribution in [2.75, 3.05) is 33.4 Å². The molecule has 2 N–H and O–H groups in total. The lowest BCUT2D eigenvalue weighted by Crippen LogP contribution is -2.47. The van der Waals surface area contributed by atoms with Crippen molar-refractivity contribution in [1.82, 2.24) is 10.2 Å². The summed E-state index contributed by atoms with van der Waals surface area (Å²) in [6.07, 6.45) is 0. The van der Waals surface area contributed by atoms with Gasteiger partial charge < -0.3 is 15.2 Å². The molecule has 0 saturated carbocycles. The summed E-state index contributed by atoms with van der Waals surface area (Å²) < 4.78 is 5.17. The monoisotopic (exact) mass is 230 g/mol. The van der Waals surface area contributed by atoms with Gasteiger partial charge in [-0.2, -0.15) is 0 Å². The number of carbonyl (C=O) groups is 2. The molecule has 0 radical (unpaired) electrons. The van der Waals surface area contributed by atoms with Crippen LogP contribution in [0.15, 0.2) is 0 Å². The highest BCUT2D eigenvalue weighted by molar-refractivity contribution is 5.78. The fraction of sp³-hybridized carbons (Fsp3) is 0.800. The first-order chi connectivity index (χ1) is 7.60. The SMILES string of the molecule is CCN(CC(=O)NC)C1COCC1C(=O)O. The molecule has 0 aliphatic carbocycles. The van der Waals surface area contributed by atoms with Crippen LogP contribution in [-0.2, 0) is 14.3 Å². The van der Waals surface area contributed by atoms with Gasteiger partial charge in [0.2, 0.25) is 5.91 Å². The van der Waals surface area contributed by atoms with E-state index in [4.69, 9.17) is 9.84 Å². The molecule has 1 heterocycles. The molecule has 1 fully saturated rings. The van der Waals surface area contributed by atoms with Gasteiger partial charge in [0.05, 0.1) is 25.7 Å². The number of aliphatic carboxylic acids is 1. The smallest absolute Gasteiger partial charge is 0.310 e. The quantitative estimate of drug-likeness (QED) is 0.643. The number of carbonyl (C=O) groups excluding carboxylic acids is 1. The van der Waals surface area contributed by atoms with Crippen molar-refractivity contribution in [2.45, 2.75) is 13.0 Å². The molecule has 1 amide bonds. The molecule has 2 atom stereocenters. The average Bonchev–Trinajstić information content (AvgIpc) is 2.74. The molecule has 92 valence electrons. The molecule has 0 aromatic heterocycles. The van der Waals surface area contributed by atoms with Crippen LogP contribution in [0.3, 0.4) is 0 Å². The Morgan fingerprint density at radius 1 is 1.50 bits per heavy atom. The van der Waals surface area contributed by atoms with Gasteiger partial charge in [-0.05, 0) is 6.54 Å². The molecular formula is C10H18N2O4. The molecule has 0 spiro atoms. The van der Waals surface area contributed by atoms with Gasteiger partial charge in [0.1, 0.15) is 0 Å². The van der Waals surface area contributed by atoms with Crippen molar-refractivity contribution in [3.05, 3.63) is 0 Å². The van der Waals surface area contributed by atoms with E-state index in [2.05, 4.69) is 5.32 Å². The Labute approximate surface area is 94.6 Å². The molecule has 6 nitrogen and oxygen atoms in total. The van der Waals surface area contributed by atoms with Crippen LogP contribution in [0.4, 0.5) is 0 Å². The third-order valence-corrected chi connectivity index (χ3v) is 2.87. The molecular weight excluding hydrogens is 212 g/mol. The Morgan fingerprint density at radius 3 is 2.69 bits per heavy atom. The predicted octanol–water partition coefficient (Wildman–Crippen LogP) is -0.846. The Kier molecular flexibility index (Phi) is 4.70. The van der Waals surface area contributed by atoms with E-state index in [9.17, 15) is 9.59 Å². The third kappa shape index (κ3) is 2.93. The summed E-state index contributed by atoms with van der Waals surface area (Å²) in [5.41, 5.74) is 0. The van der Waals surface area contributed by atoms with E-state index in [-0.39, 0.29) is 25.1 Å². The second-order valence-electron chi connectivity index (χ2n) is 3.79. The van der Waals surface area contributed by atoms with Crippen LogP contribution in [0.2, 0.25) is 0 Å². The molecule has 1 aliphatic rings. The van der Waals surface area contributed by atoms with E-state index in [1.54, 1.807) is 7.05 Å². The minimum Gasteiger partial charge on any atom is -0.481 e. The van der Waals surface area contributed by atoms with E-state index < -0.39 is 11.9 Å². The maximum Gasteiger partial charge on any atom is 0.310 e. The molecule has 2 unspecified atom stereocenters. The minimum absolute atomic E-state index is 0.113. The van der Waals surface area contributed by atoms with Crippen LogP contribution in [-0.4, -0.2) is 61.3 Å². The summed E-state index contributed by atoms with van der Waals surface area (Å²) in [5, 5.41) is 11.5. The first-order valence-corrected chi connectivity index (χ1v) is 5.35. The zero-order valence-electron chi connectivity index (χ0n) is 9.60. The topological polar surface area (TPSA) is 78.9 Å². The standard InChI is InChI=1S/C10H18N2O4/c1-3-12(4-9(13)11-2)8-6-16-5-7(8)10(14)15/h7-8H,3-6H2,1-2H3,(H,11,13)(H,14,15). The van der Waals surface area contributed by atoms with Gasteiger partial charge in [0, 0.05) is 13.1 Å². The number of nitrogens with zero attached hydrogens (tertiary/aromatic N) is 1. The van der Waals surface area contributed by atoms with Crippen molar-refractivity contribution in [3.8, 4) is 0 Å². The number of carboxylic acid groups (broad SMARTS) is 1. The van der Waals surface area contributed by atoms with Gasteiger partial charge in [-0.25, -0.2) is 0 Å². The number of amides is 1. The highest BCUT2D eigenvalue weighted by atomic mass is 16.5. The van der Waals surface area contributed by atoms with Crippen molar-refractivity contribution in [3.63, 3.8) is 0 Å². The summed E-state index contributed by atoms with van der Waals surface area (Å²) in [6.45, 7) is 3.35. The fourth-order valence-electron chi connectivity index (χ4n) is 1.87. The van der Waals surface area contributed by atoms with Crippen molar-refractivity contribution in [1.29, 1.82) is 0 Å². The second kappa shape index (κ2) is 5.81. The van der Waals surface area contributed by atoms with E-state index in [0.717, 1.165) is 0 Å². The molecule has 0 bridgehead atoms. The molecule has 1 saturated heterocycles. The molecule has 6 heteroatoms. The van der Waals surface area contributed by atoms with Crippen LogP contribution in [0.25, 0.3) is 0 Å². The number of nitrogens with one attached hydrogen (secondary N) is 1. The Morgan fingerprint density at radius 2 is 2.19 bits per heavy atom. The fourth-order valence-corrected chi connectivity index (χ4v) is 1.87. The minimum atomic E-state index is -0.863. The van der Waals surface area contributed by atoms with Crippen LogP contribution < -0.4 is 5.32 Å². The van der Waals surface area contributed by atoms with Gasteiger partial charge in [0.15, 0.2) is 0 Å². The zero-order valence-corrected chi connectivity index (χ0v) is 9.60. The number of hydrogen-bond acceptors (Lipinski definition) is 4. The first kappa shape index (κ1) is 12.9. The Hall–Kier alpha value is -1.14. The molecule has 16 heavy (non-hydrogen) atoms. The van der Waals surface area contributed by atoms with Gasteiger partial charge in [-0.15, -0.1) is 0 Å². The van der Waals surface area contributed by atoms with Crippen molar-refractivity contribution in [2.24, 2.45) is 5.92 Å². The molecule has 0 aromatic rings. The van der Waals surface area contributed by atoms with Crippen LogP contribution >= 0.6 is 0 Å². The number of likely N-dealkylation sites (N-methyl/N-ethyl adjacent to an activating group) is 2. The summed E-state index contributed by atoms with van der Waals surface area (Å²) in [6, 6.07) is -0.209. The van der Waals surface area contributed by atoms with Gasteiger partial charge in [0.25, 0.3) is 0 Å². The molecule has 1 rings (SSSR count). The lowest BCUT2D eigenvalue weighted by molar-refractivity contribution is -0.143. The normalized spacial score (nSPS) is 24.7. The van der Waals surface area contributed by atoms with Crippen LogP contribution in [0, 0.1) is 5.92 Å². The Balaban J connectivity index is 2.64. The lowest BCUT2D eigenvalue weighted by atomic mass is 10.0. The largest absolute Gasteiger partial charge is 0.481 e. The third-order valence-electron chi connectivity index (χ3n) is 2.87.